The summed E-state index contributed by atoms with van der Waals surface area (Å²) in [6.07, 6.45) is 12.7. The molecule has 0 radical (unpaired) electrons. The third kappa shape index (κ3) is 4.89. The van der Waals surface area contributed by atoms with Crippen molar-refractivity contribution in [3.05, 3.63) is 29.8 Å². The van der Waals surface area contributed by atoms with Crippen LogP contribution < -0.4 is 5.73 Å². The van der Waals surface area contributed by atoms with E-state index in [9.17, 15) is 0 Å². The maximum atomic E-state index is 5.74. The molecule has 1 saturated carbocycles. The smallest absolute Gasteiger partial charge is 0.0314 e. The number of hydrogen-bond donors (Lipinski definition) is 1. The maximum absolute atomic E-state index is 5.74. The lowest BCUT2D eigenvalue weighted by Crippen LogP contribution is -2.16. The Hall–Kier alpha value is -0.980. The molecule has 0 saturated heterocycles. The van der Waals surface area contributed by atoms with Crippen LogP contribution in [-0.4, -0.2) is 0 Å². The van der Waals surface area contributed by atoms with E-state index < -0.39 is 0 Å². The topological polar surface area (TPSA) is 26.0 Å². The van der Waals surface area contributed by atoms with E-state index in [1.165, 1.54) is 63.4 Å². The average molecular weight is 259 g/mol. The Morgan fingerprint density at radius 2 is 1.58 bits per heavy atom. The van der Waals surface area contributed by atoms with Crippen molar-refractivity contribution < 1.29 is 0 Å². The Bertz CT molecular complexity index is 346. The summed E-state index contributed by atoms with van der Waals surface area (Å²) in [6, 6.07) is 8.46. The molecule has 0 aromatic heterocycles. The lowest BCUT2D eigenvalue weighted by molar-refractivity contribution is 0.257. The van der Waals surface area contributed by atoms with Crippen molar-refractivity contribution in [1.82, 2.24) is 0 Å². The first kappa shape index (κ1) is 14.4. The molecule has 1 nitrogen and oxygen atoms in total. The second-order valence-corrected chi connectivity index (χ2v) is 6.33. The Balaban J connectivity index is 1.69. The summed E-state index contributed by atoms with van der Waals surface area (Å²) in [5.74, 6) is 1.93. The van der Waals surface area contributed by atoms with Crippen LogP contribution in [0.4, 0.5) is 5.69 Å². The molecule has 1 aliphatic carbocycles. The summed E-state index contributed by atoms with van der Waals surface area (Å²) < 4.78 is 0. The lowest BCUT2D eigenvalue weighted by atomic mass is 9.77. The Morgan fingerprint density at radius 1 is 0.947 bits per heavy atom. The van der Waals surface area contributed by atoms with Crippen molar-refractivity contribution in [2.75, 3.05) is 5.73 Å². The van der Waals surface area contributed by atoms with Gasteiger partial charge in [0.2, 0.25) is 0 Å². The number of unbranched alkanes of at least 4 members (excludes halogenated alkanes) is 2. The molecule has 1 aromatic rings. The number of hydrogen-bond acceptors (Lipinski definition) is 1. The van der Waals surface area contributed by atoms with Crippen molar-refractivity contribution in [1.29, 1.82) is 0 Å². The van der Waals surface area contributed by atoms with Gasteiger partial charge in [0, 0.05) is 5.69 Å². The van der Waals surface area contributed by atoms with Crippen LogP contribution in [0.1, 0.15) is 63.9 Å². The van der Waals surface area contributed by atoms with Gasteiger partial charge in [-0.25, -0.2) is 0 Å². The van der Waals surface area contributed by atoms with Gasteiger partial charge in [0.05, 0.1) is 0 Å². The van der Waals surface area contributed by atoms with E-state index in [2.05, 4.69) is 19.1 Å². The fourth-order valence-electron chi connectivity index (χ4n) is 3.39. The van der Waals surface area contributed by atoms with Gasteiger partial charge in [-0.15, -0.1) is 0 Å². The molecule has 0 atom stereocenters. The minimum Gasteiger partial charge on any atom is -0.399 e. The van der Waals surface area contributed by atoms with Crippen molar-refractivity contribution in [2.24, 2.45) is 11.8 Å². The molecule has 19 heavy (non-hydrogen) atoms. The molecular formula is C18H29N. The van der Waals surface area contributed by atoms with E-state index in [4.69, 9.17) is 5.73 Å². The molecule has 2 N–H and O–H groups in total. The van der Waals surface area contributed by atoms with E-state index in [1.54, 1.807) is 0 Å². The Labute approximate surface area is 118 Å². The normalized spacial score (nSPS) is 23.4. The van der Waals surface area contributed by atoms with Crippen LogP contribution in [0, 0.1) is 11.8 Å². The summed E-state index contributed by atoms with van der Waals surface area (Å²) in [6.45, 7) is 2.30. The van der Waals surface area contributed by atoms with Gasteiger partial charge in [0.25, 0.3) is 0 Å². The summed E-state index contributed by atoms with van der Waals surface area (Å²) in [4.78, 5) is 0. The van der Waals surface area contributed by atoms with Crippen LogP contribution in [0.5, 0.6) is 0 Å². The highest BCUT2D eigenvalue weighted by Gasteiger charge is 2.20. The molecule has 1 heteroatoms. The summed E-state index contributed by atoms with van der Waals surface area (Å²) in [5, 5.41) is 0. The van der Waals surface area contributed by atoms with Crippen molar-refractivity contribution >= 4 is 5.69 Å². The highest BCUT2D eigenvalue weighted by Crippen LogP contribution is 2.33. The second-order valence-electron chi connectivity index (χ2n) is 6.33. The van der Waals surface area contributed by atoms with Gasteiger partial charge in [0.15, 0.2) is 0 Å². The summed E-state index contributed by atoms with van der Waals surface area (Å²) in [5.41, 5.74) is 8.08. The quantitative estimate of drug-likeness (QED) is 0.551. The third-order valence-electron chi connectivity index (χ3n) is 4.69. The number of nitrogens with two attached hydrogens (primary N) is 1. The van der Waals surface area contributed by atoms with Crippen LogP contribution >= 0.6 is 0 Å². The molecule has 1 fully saturated rings. The molecule has 106 valence electrons. The SMILES string of the molecule is CCCCCC1CCC(Cc2ccc(N)cc2)CC1. The van der Waals surface area contributed by atoms with E-state index in [-0.39, 0.29) is 0 Å². The van der Waals surface area contributed by atoms with E-state index in [1.807, 2.05) is 12.1 Å². The molecule has 2 rings (SSSR count). The lowest BCUT2D eigenvalue weighted by Gasteiger charge is -2.28. The highest BCUT2D eigenvalue weighted by atomic mass is 14.5. The van der Waals surface area contributed by atoms with Gasteiger partial charge in [-0.05, 0) is 48.8 Å². The van der Waals surface area contributed by atoms with Gasteiger partial charge in [0.1, 0.15) is 0 Å². The first-order valence-electron chi connectivity index (χ1n) is 8.12. The third-order valence-corrected chi connectivity index (χ3v) is 4.69. The van der Waals surface area contributed by atoms with Crippen molar-refractivity contribution in [3.63, 3.8) is 0 Å². The largest absolute Gasteiger partial charge is 0.399 e. The Kier molecular flexibility index (Phi) is 5.75. The molecule has 0 spiro atoms. The number of rotatable bonds is 6. The fraction of sp³-hybridized carbons (Fsp3) is 0.667. The molecule has 0 amide bonds. The monoisotopic (exact) mass is 259 g/mol. The van der Waals surface area contributed by atoms with Crippen LogP contribution in [0.3, 0.4) is 0 Å². The van der Waals surface area contributed by atoms with Gasteiger partial charge >= 0.3 is 0 Å². The summed E-state index contributed by atoms with van der Waals surface area (Å²) in [7, 11) is 0. The van der Waals surface area contributed by atoms with Gasteiger partial charge < -0.3 is 5.73 Å². The zero-order valence-corrected chi connectivity index (χ0v) is 12.4. The minimum absolute atomic E-state index is 0.878. The Morgan fingerprint density at radius 3 is 2.21 bits per heavy atom. The van der Waals surface area contributed by atoms with E-state index in [0.717, 1.165) is 17.5 Å². The zero-order chi connectivity index (χ0) is 13.5. The van der Waals surface area contributed by atoms with Crippen LogP contribution in [0.25, 0.3) is 0 Å². The molecule has 0 unspecified atom stereocenters. The predicted molar refractivity (Wildman–Crippen MR) is 84.1 cm³/mol. The summed E-state index contributed by atoms with van der Waals surface area (Å²) >= 11 is 0. The fourth-order valence-corrected chi connectivity index (χ4v) is 3.39. The minimum atomic E-state index is 0.878. The van der Waals surface area contributed by atoms with E-state index >= 15 is 0 Å². The molecule has 1 aromatic carbocycles. The van der Waals surface area contributed by atoms with Gasteiger partial charge in [-0.1, -0.05) is 57.6 Å². The first-order valence-corrected chi connectivity index (χ1v) is 8.12. The van der Waals surface area contributed by atoms with Crippen LogP contribution in [0.15, 0.2) is 24.3 Å². The molecule has 0 bridgehead atoms. The van der Waals surface area contributed by atoms with Gasteiger partial charge in [-0.3, -0.25) is 0 Å². The van der Waals surface area contributed by atoms with Crippen molar-refractivity contribution in [3.8, 4) is 0 Å². The number of benzene rings is 1. The average Bonchev–Trinajstić information content (AvgIpc) is 2.44. The van der Waals surface area contributed by atoms with Crippen LogP contribution in [-0.2, 0) is 6.42 Å². The molecule has 0 aliphatic heterocycles. The van der Waals surface area contributed by atoms with Crippen molar-refractivity contribution in [2.45, 2.75) is 64.7 Å². The van der Waals surface area contributed by atoms with Gasteiger partial charge in [-0.2, -0.15) is 0 Å². The number of nitrogen functional groups attached to an aromatic ring is 1. The van der Waals surface area contributed by atoms with Crippen LogP contribution in [0.2, 0.25) is 0 Å². The standard InChI is InChI=1S/C18H29N/c1-2-3-4-5-15-6-8-16(9-7-15)14-17-10-12-18(19)13-11-17/h10-13,15-16H,2-9,14,19H2,1H3. The zero-order valence-electron chi connectivity index (χ0n) is 12.4. The predicted octanol–water partition coefficient (Wildman–Crippen LogP) is 5.20. The molecule has 1 aliphatic rings. The highest BCUT2D eigenvalue weighted by molar-refractivity contribution is 5.39. The number of anilines is 1. The molecule has 0 heterocycles. The maximum Gasteiger partial charge on any atom is 0.0314 e. The first-order chi connectivity index (χ1) is 9.28. The van der Waals surface area contributed by atoms with E-state index in [0.29, 0.717) is 0 Å². The second kappa shape index (κ2) is 7.57. The molecular weight excluding hydrogens is 230 g/mol.